The van der Waals surface area contributed by atoms with Crippen LogP contribution in [0.2, 0.25) is 0 Å². The van der Waals surface area contributed by atoms with Crippen molar-refractivity contribution in [2.45, 2.75) is 85.0 Å². The van der Waals surface area contributed by atoms with Crippen LogP contribution >= 0.6 is 0 Å². The molecule has 0 radical (unpaired) electrons. The highest BCUT2D eigenvalue weighted by atomic mass is 16.6. The second-order valence-electron chi connectivity index (χ2n) is 10.6. The molecule has 0 bridgehead atoms. The van der Waals surface area contributed by atoms with Crippen molar-refractivity contribution < 1.29 is 24.2 Å². The summed E-state index contributed by atoms with van der Waals surface area (Å²) in [6.07, 6.45) is 1.44. The molecule has 3 N–H and O–H groups in total. The quantitative estimate of drug-likeness (QED) is 0.348. The molecule has 2 rings (SSSR count). The van der Waals surface area contributed by atoms with E-state index in [1.165, 1.54) is 12.1 Å². The predicted molar refractivity (Wildman–Crippen MR) is 148 cm³/mol. The van der Waals surface area contributed by atoms with Crippen molar-refractivity contribution in [3.05, 3.63) is 65.7 Å². The first-order valence-electron chi connectivity index (χ1n) is 13.4. The maximum Gasteiger partial charge on any atom is 0.408 e. The molecule has 0 spiro atoms. The molecular formula is C30H43N3O5. The van der Waals surface area contributed by atoms with E-state index in [0.29, 0.717) is 31.5 Å². The zero-order valence-electron chi connectivity index (χ0n) is 23.5. The van der Waals surface area contributed by atoms with Crippen LogP contribution in [0.3, 0.4) is 0 Å². The lowest BCUT2D eigenvalue weighted by atomic mass is 9.95. The summed E-state index contributed by atoms with van der Waals surface area (Å²) in [5, 5.41) is 15.6. The van der Waals surface area contributed by atoms with Gasteiger partial charge in [-0.05, 0) is 56.4 Å². The summed E-state index contributed by atoms with van der Waals surface area (Å²) < 4.78 is 5.44. The number of aromatic hydroxyl groups is 1. The van der Waals surface area contributed by atoms with Crippen molar-refractivity contribution in [1.82, 2.24) is 15.5 Å². The van der Waals surface area contributed by atoms with Gasteiger partial charge in [0.25, 0.3) is 0 Å². The Balaban J connectivity index is 2.46. The van der Waals surface area contributed by atoms with E-state index in [-0.39, 0.29) is 23.5 Å². The van der Waals surface area contributed by atoms with E-state index in [9.17, 15) is 19.5 Å². The van der Waals surface area contributed by atoms with Gasteiger partial charge < -0.3 is 25.4 Å². The van der Waals surface area contributed by atoms with E-state index in [1.54, 1.807) is 37.8 Å². The highest BCUT2D eigenvalue weighted by Crippen LogP contribution is 2.27. The molecule has 2 aromatic carbocycles. The third-order valence-corrected chi connectivity index (χ3v) is 6.27. The highest BCUT2D eigenvalue weighted by Gasteiger charge is 2.37. The minimum atomic E-state index is -0.953. The smallest absolute Gasteiger partial charge is 0.408 e. The zero-order valence-corrected chi connectivity index (χ0v) is 23.5. The molecule has 0 saturated carbocycles. The number of carbonyl (C=O) groups is 3. The molecule has 38 heavy (non-hydrogen) atoms. The van der Waals surface area contributed by atoms with Crippen LogP contribution in [0.1, 0.15) is 78.0 Å². The first-order chi connectivity index (χ1) is 18.0. The van der Waals surface area contributed by atoms with Crippen molar-refractivity contribution in [2.75, 3.05) is 6.54 Å². The molecule has 3 amide bonds. The lowest BCUT2D eigenvalue weighted by molar-refractivity contribution is -0.143. The average molecular weight is 526 g/mol. The molecule has 0 fully saturated rings. The lowest BCUT2D eigenvalue weighted by Gasteiger charge is -2.36. The van der Waals surface area contributed by atoms with Crippen molar-refractivity contribution >= 4 is 17.9 Å². The Morgan fingerprint density at radius 1 is 1.00 bits per heavy atom. The highest BCUT2D eigenvalue weighted by molar-refractivity contribution is 5.92. The SMILES string of the molecule is CCCCN(C(=O)C(NC(=O)OC(C)(C)C)C(C)CC)C(C(=O)NCc1ccccc1)c1ccc(O)cc1. The van der Waals surface area contributed by atoms with Crippen molar-refractivity contribution in [3.63, 3.8) is 0 Å². The first-order valence-corrected chi connectivity index (χ1v) is 13.4. The van der Waals surface area contributed by atoms with Crippen molar-refractivity contribution in [2.24, 2.45) is 5.92 Å². The number of nitrogens with zero attached hydrogens (tertiary/aromatic N) is 1. The Kier molecular flexibility index (Phi) is 11.6. The molecule has 3 unspecified atom stereocenters. The third kappa shape index (κ3) is 9.39. The van der Waals surface area contributed by atoms with Gasteiger partial charge in [0.15, 0.2) is 0 Å². The van der Waals surface area contributed by atoms with Gasteiger partial charge in [-0.15, -0.1) is 0 Å². The summed E-state index contributed by atoms with van der Waals surface area (Å²) in [5.41, 5.74) is 0.778. The summed E-state index contributed by atoms with van der Waals surface area (Å²) in [6, 6.07) is 14.0. The molecule has 0 aromatic heterocycles. The van der Waals surface area contributed by atoms with Gasteiger partial charge in [0.05, 0.1) is 0 Å². The molecule has 8 heteroatoms. The number of ether oxygens (including phenoxy) is 1. The second kappa shape index (κ2) is 14.4. The van der Waals surface area contributed by atoms with Crippen LogP contribution < -0.4 is 10.6 Å². The number of amides is 3. The number of carbonyl (C=O) groups excluding carboxylic acids is 3. The van der Waals surface area contributed by atoms with Crippen LogP contribution in [0.4, 0.5) is 4.79 Å². The van der Waals surface area contributed by atoms with Gasteiger partial charge in [0.2, 0.25) is 11.8 Å². The van der Waals surface area contributed by atoms with Crippen LogP contribution in [0, 0.1) is 5.92 Å². The Morgan fingerprint density at radius 2 is 1.63 bits per heavy atom. The van der Waals surface area contributed by atoms with E-state index < -0.39 is 23.8 Å². The largest absolute Gasteiger partial charge is 0.508 e. The normalized spacial score (nSPS) is 13.6. The molecule has 0 aliphatic carbocycles. The van der Waals surface area contributed by atoms with Gasteiger partial charge in [-0.2, -0.15) is 0 Å². The number of alkyl carbamates (subject to hydrolysis) is 1. The van der Waals surface area contributed by atoms with E-state index in [4.69, 9.17) is 4.74 Å². The topological polar surface area (TPSA) is 108 Å². The lowest BCUT2D eigenvalue weighted by Crippen LogP contribution is -2.55. The monoisotopic (exact) mass is 525 g/mol. The predicted octanol–water partition coefficient (Wildman–Crippen LogP) is 5.32. The number of unbranched alkanes of at least 4 members (excludes halogenated alkanes) is 1. The van der Waals surface area contributed by atoms with Gasteiger partial charge in [-0.1, -0.05) is 76.1 Å². The van der Waals surface area contributed by atoms with Crippen LogP contribution in [0.5, 0.6) is 5.75 Å². The first kappa shape index (κ1) is 30.7. The fraction of sp³-hybridized carbons (Fsp3) is 0.500. The van der Waals surface area contributed by atoms with Crippen LogP contribution in [-0.2, 0) is 20.9 Å². The number of hydrogen-bond donors (Lipinski definition) is 3. The molecule has 3 atom stereocenters. The molecule has 0 heterocycles. The van der Waals surface area contributed by atoms with Crippen LogP contribution in [0.15, 0.2) is 54.6 Å². The van der Waals surface area contributed by atoms with E-state index in [0.717, 1.165) is 12.0 Å². The molecule has 8 nitrogen and oxygen atoms in total. The molecule has 0 saturated heterocycles. The Morgan fingerprint density at radius 3 is 2.18 bits per heavy atom. The van der Waals surface area contributed by atoms with Crippen molar-refractivity contribution in [1.29, 1.82) is 0 Å². The number of benzene rings is 2. The third-order valence-electron chi connectivity index (χ3n) is 6.27. The van der Waals surface area contributed by atoms with Gasteiger partial charge in [-0.3, -0.25) is 9.59 Å². The number of phenols is 1. The number of nitrogens with one attached hydrogen (secondary N) is 2. The van der Waals surface area contributed by atoms with Gasteiger partial charge in [-0.25, -0.2) is 4.79 Å². The molecule has 2 aromatic rings. The maximum atomic E-state index is 14.1. The van der Waals surface area contributed by atoms with Crippen molar-refractivity contribution in [3.8, 4) is 5.75 Å². The standard InChI is InChI=1S/C30H43N3O5/c1-7-9-19-33(28(36)25(21(3)8-2)32-29(37)38-30(4,5)6)26(23-15-17-24(34)18-16-23)27(35)31-20-22-13-11-10-12-14-22/h10-18,21,25-26,34H,7-9,19-20H2,1-6H3,(H,31,35)(H,32,37). The van der Waals surface area contributed by atoms with Gasteiger partial charge in [0.1, 0.15) is 23.4 Å². The Bertz CT molecular complexity index is 1030. The second-order valence-corrected chi connectivity index (χ2v) is 10.6. The fourth-order valence-electron chi connectivity index (χ4n) is 4.00. The van der Waals surface area contributed by atoms with E-state index in [1.807, 2.05) is 51.1 Å². The Labute approximate surface area is 226 Å². The van der Waals surface area contributed by atoms with E-state index >= 15 is 0 Å². The van der Waals surface area contributed by atoms with Gasteiger partial charge in [0, 0.05) is 13.1 Å². The number of phenolic OH excluding ortho intramolecular Hbond substituents is 1. The number of rotatable bonds is 12. The van der Waals surface area contributed by atoms with Gasteiger partial charge >= 0.3 is 6.09 Å². The molecule has 0 aliphatic heterocycles. The molecule has 208 valence electrons. The minimum Gasteiger partial charge on any atom is -0.508 e. The fourth-order valence-corrected chi connectivity index (χ4v) is 4.00. The Hall–Kier alpha value is -3.55. The number of hydrogen-bond acceptors (Lipinski definition) is 5. The average Bonchev–Trinajstić information content (AvgIpc) is 2.88. The maximum absolute atomic E-state index is 14.1. The van der Waals surface area contributed by atoms with E-state index in [2.05, 4.69) is 10.6 Å². The van der Waals surface area contributed by atoms with Crippen LogP contribution in [0.25, 0.3) is 0 Å². The molecule has 0 aliphatic rings. The summed E-state index contributed by atoms with van der Waals surface area (Å²) in [4.78, 5) is 42.1. The zero-order chi connectivity index (χ0) is 28.3. The summed E-state index contributed by atoms with van der Waals surface area (Å²) in [7, 11) is 0. The summed E-state index contributed by atoms with van der Waals surface area (Å²) >= 11 is 0. The molecular weight excluding hydrogens is 482 g/mol. The minimum absolute atomic E-state index is 0.0627. The summed E-state index contributed by atoms with van der Waals surface area (Å²) in [5.74, 6) is -0.838. The summed E-state index contributed by atoms with van der Waals surface area (Å²) in [6.45, 7) is 11.8. The van der Waals surface area contributed by atoms with Crippen LogP contribution in [-0.4, -0.2) is 46.1 Å².